The van der Waals surface area contributed by atoms with E-state index in [0.29, 0.717) is 25.4 Å². The summed E-state index contributed by atoms with van der Waals surface area (Å²) in [6.45, 7) is 7.54. The van der Waals surface area contributed by atoms with Crippen molar-refractivity contribution in [1.29, 1.82) is 0 Å². The van der Waals surface area contributed by atoms with Gasteiger partial charge in [0.1, 0.15) is 0 Å². The second kappa shape index (κ2) is 12.1. The van der Waals surface area contributed by atoms with Crippen molar-refractivity contribution < 1.29 is 17.9 Å². The molecule has 0 unspecified atom stereocenters. The van der Waals surface area contributed by atoms with Crippen molar-refractivity contribution >= 4 is 15.7 Å². The number of hydrogen-bond acceptors (Lipinski definition) is 5. The molecule has 0 spiro atoms. The Morgan fingerprint density at radius 1 is 1.09 bits per heavy atom. The number of hydrogen-bond donors (Lipinski definition) is 0. The summed E-state index contributed by atoms with van der Waals surface area (Å²) in [5.41, 5.74) is 3.36. The van der Waals surface area contributed by atoms with Gasteiger partial charge >= 0.3 is 0 Å². The average Bonchev–Trinajstić information content (AvgIpc) is 3.19. The SMILES string of the molecule is COCCN(Cc1cnc(S(=O)(=O)Cc2cccc(C)c2)n1CC(C)C)C(=O)Cc1ccccc1. The minimum Gasteiger partial charge on any atom is -0.383 e. The first kappa shape index (κ1) is 26.6. The van der Waals surface area contributed by atoms with E-state index >= 15 is 0 Å². The molecule has 1 heterocycles. The molecule has 3 rings (SSSR count). The summed E-state index contributed by atoms with van der Waals surface area (Å²) in [4.78, 5) is 19.2. The fourth-order valence-electron chi connectivity index (χ4n) is 3.98. The lowest BCUT2D eigenvalue weighted by Gasteiger charge is -2.24. The van der Waals surface area contributed by atoms with Crippen LogP contribution in [0.3, 0.4) is 0 Å². The van der Waals surface area contributed by atoms with Crippen LogP contribution in [0.2, 0.25) is 0 Å². The first-order chi connectivity index (χ1) is 16.7. The number of methoxy groups -OCH3 is 1. The lowest BCUT2D eigenvalue weighted by Crippen LogP contribution is -2.35. The molecule has 35 heavy (non-hydrogen) atoms. The van der Waals surface area contributed by atoms with Crippen LogP contribution in [-0.2, 0) is 44.6 Å². The van der Waals surface area contributed by atoms with Crippen LogP contribution in [0.1, 0.15) is 36.2 Å². The number of aryl methyl sites for hydroxylation is 1. The van der Waals surface area contributed by atoms with E-state index in [2.05, 4.69) is 4.98 Å². The molecule has 0 saturated heterocycles. The summed E-state index contributed by atoms with van der Waals surface area (Å²) < 4.78 is 33.7. The molecule has 0 bridgehead atoms. The molecule has 7 nitrogen and oxygen atoms in total. The number of benzene rings is 2. The van der Waals surface area contributed by atoms with Crippen LogP contribution < -0.4 is 0 Å². The van der Waals surface area contributed by atoms with Crippen LogP contribution >= 0.6 is 0 Å². The fraction of sp³-hybridized carbons (Fsp3) is 0.407. The molecule has 1 amide bonds. The lowest BCUT2D eigenvalue weighted by atomic mass is 10.1. The Morgan fingerprint density at radius 3 is 2.46 bits per heavy atom. The highest BCUT2D eigenvalue weighted by atomic mass is 32.2. The van der Waals surface area contributed by atoms with Crippen LogP contribution in [0.15, 0.2) is 66.0 Å². The molecule has 0 fully saturated rings. The smallest absolute Gasteiger partial charge is 0.228 e. The van der Waals surface area contributed by atoms with Gasteiger partial charge < -0.3 is 14.2 Å². The van der Waals surface area contributed by atoms with Gasteiger partial charge in [-0.3, -0.25) is 4.79 Å². The summed E-state index contributed by atoms with van der Waals surface area (Å²) >= 11 is 0. The topological polar surface area (TPSA) is 81.5 Å². The van der Waals surface area contributed by atoms with Gasteiger partial charge in [0.15, 0.2) is 0 Å². The van der Waals surface area contributed by atoms with Crippen molar-refractivity contribution in [2.24, 2.45) is 5.92 Å². The van der Waals surface area contributed by atoms with E-state index in [4.69, 9.17) is 4.74 Å². The molecule has 1 aromatic heterocycles. The molecule has 188 valence electrons. The number of sulfone groups is 1. The highest BCUT2D eigenvalue weighted by Crippen LogP contribution is 2.21. The Labute approximate surface area is 208 Å². The third kappa shape index (κ3) is 7.50. The summed E-state index contributed by atoms with van der Waals surface area (Å²) in [5.74, 6) is 0.0295. The Morgan fingerprint density at radius 2 is 1.80 bits per heavy atom. The van der Waals surface area contributed by atoms with Crippen LogP contribution in [-0.4, -0.2) is 49.0 Å². The van der Waals surface area contributed by atoms with Gasteiger partial charge in [-0.05, 0) is 24.0 Å². The molecule has 8 heteroatoms. The maximum absolute atomic E-state index is 13.4. The Balaban J connectivity index is 1.89. The molecule has 2 aromatic carbocycles. The monoisotopic (exact) mass is 497 g/mol. The number of amides is 1. The van der Waals surface area contributed by atoms with Crippen molar-refractivity contribution in [3.63, 3.8) is 0 Å². The van der Waals surface area contributed by atoms with E-state index in [1.165, 1.54) is 0 Å². The molecule has 0 aliphatic heterocycles. The zero-order valence-corrected chi connectivity index (χ0v) is 21.8. The molecule has 0 aliphatic rings. The van der Waals surface area contributed by atoms with Crippen LogP contribution in [0.4, 0.5) is 0 Å². The van der Waals surface area contributed by atoms with Gasteiger partial charge in [-0.2, -0.15) is 0 Å². The maximum atomic E-state index is 13.4. The van der Waals surface area contributed by atoms with Crippen molar-refractivity contribution in [2.75, 3.05) is 20.3 Å². The maximum Gasteiger partial charge on any atom is 0.228 e. The predicted molar refractivity (Wildman–Crippen MR) is 137 cm³/mol. The van der Waals surface area contributed by atoms with E-state index in [0.717, 1.165) is 16.7 Å². The third-order valence-electron chi connectivity index (χ3n) is 5.64. The van der Waals surface area contributed by atoms with Gasteiger partial charge in [0, 0.05) is 20.2 Å². The van der Waals surface area contributed by atoms with Crippen molar-refractivity contribution in [2.45, 2.75) is 51.2 Å². The number of ether oxygens (including phenoxy) is 1. The molecule has 3 aromatic rings. The standard InChI is InChI=1S/C27H35N3O4S/c1-21(2)18-30-25(17-28-27(30)35(32,33)20-24-12-8-9-22(3)15-24)19-29(13-14-34-4)26(31)16-23-10-6-5-7-11-23/h5-12,15,17,21H,13-14,16,18-20H2,1-4H3. The summed E-state index contributed by atoms with van der Waals surface area (Å²) in [7, 11) is -2.09. The second-order valence-electron chi connectivity index (χ2n) is 9.26. The molecule has 0 atom stereocenters. The number of nitrogens with zero attached hydrogens (tertiary/aromatic N) is 3. The van der Waals surface area contributed by atoms with Crippen molar-refractivity contribution in [3.8, 4) is 0 Å². The Bertz CT molecular complexity index is 1220. The first-order valence-electron chi connectivity index (χ1n) is 11.8. The number of carbonyl (C=O) groups is 1. The number of carbonyl (C=O) groups excluding carboxylic acids is 1. The molecular weight excluding hydrogens is 462 g/mol. The minimum absolute atomic E-state index is 0.0462. The van der Waals surface area contributed by atoms with Crippen LogP contribution in [0.5, 0.6) is 0 Å². The quantitative estimate of drug-likeness (QED) is 0.377. The van der Waals surface area contributed by atoms with Crippen molar-refractivity contribution in [3.05, 3.63) is 83.2 Å². The number of rotatable bonds is 12. The van der Waals surface area contributed by atoms with Gasteiger partial charge in [0.2, 0.25) is 20.9 Å². The van der Waals surface area contributed by atoms with E-state index in [1.807, 2.05) is 75.4 Å². The van der Waals surface area contributed by atoms with E-state index in [-0.39, 0.29) is 35.7 Å². The molecule has 0 N–H and O–H groups in total. The summed E-state index contributed by atoms with van der Waals surface area (Å²) in [6.07, 6.45) is 1.85. The Hall–Kier alpha value is -2.97. The van der Waals surface area contributed by atoms with Gasteiger partial charge in [0.05, 0.1) is 37.2 Å². The van der Waals surface area contributed by atoms with Gasteiger partial charge in [-0.1, -0.05) is 74.0 Å². The van der Waals surface area contributed by atoms with Crippen molar-refractivity contribution in [1.82, 2.24) is 14.5 Å². The fourth-order valence-corrected chi connectivity index (χ4v) is 5.47. The lowest BCUT2D eigenvalue weighted by molar-refractivity contribution is -0.131. The van der Waals surface area contributed by atoms with Crippen LogP contribution in [0, 0.1) is 12.8 Å². The second-order valence-corrected chi connectivity index (χ2v) is 11.1. The zero-order valence-electron chi connectivity index (χ0n) is 21.0. The molecule has 0 saturated carbocycles. The summed E-state index contributed by atoms with van der Waals surface area (Å²) in [5, 5.41) is 0.0462. The van der Waals surface area contributed by atoms with Gasteiger partial charge in [0.25, 0.3) is 0 Å². The normalized spacial score (nSPS) is 11.7. The average molecular weight is 498 g/mol. The van der Waals surface area contributed by atoms with Gasteiger partial charge in [-0.15, -0.1) is 0 Å². The van der Waals surface area contributed by atoms with Gasteiger partial charge in [-0.25, -0.2) is 13.4 Å². The first-order valence-corrected chi connectivity index (χ1v) is 13.5. The number of aromatic nitrogens is 2. The largest absolute Gasteiger partial charge is 0.383 e. The zero-order chi connectivity index (χ0) is 25.4. The third-order valence-corrected chi connectivity index (χ3v) is 7.23. The highest BCUT2D eigenvalue weighted by Gasteiger charge is 2.26. The van der Waals surface area contributed by atoms with E-state index in [1.54, 1.807) is 22.8 Å². The summed E-state index contributed by atoms with van der Waals surface area (Å²) in [6, 6.07) is 17.1. The van der Waals surface area contributed by atoms with E-state index in [9.17, 15) is 13.2 Å². The molecular formula is C27H35N3O4S. The van der Waals surface area contributed by atoms with E-state index < -0.39 is 9.84 Å². The molecule has 0 aliphatic carbocycles. The highest BCUT2D eigenvalue weighted by molar-refractivity contribution is 7.90. The van der Waals surface area contributed by atoms with Crippen LogP contribution in [0.25, 0.3) is 0 Å². The minimum atomic E-state index is -3.68. The predicted octanol–water partition coefficient (Wildman–Crippen LogP) is 4.04. The number of imidazole rings is 1. The Kier molecular flexibility index (Phi) is 9.23. The molecule has 0 radical (unpaired) electrons.